The van der Waals surface area contributed by atoms with E-state index in [9.17, 15) is 13.6 Å². The number of halogens is 2. The van der Waals surface area contributed by atoms with Crippen molar-refractivity contribution in [3.63, 3.8) is 0 Å². The van der Waals surface area contributed by atoms with Gasteiger partial charge < -0.3 is 10.1 Å². The Balaban J connectivity index is 1.92. The number of carbonyl (C=O) groups is 1. The van der Waals surface area contributed by atoms with E-state index in [0.717, 1.165) is 5.56 Å². The maximum atomic E-state index is 11.9. The predicted octanol–water partition coefficient (Wildman–Crippen LogP) is 1.94. The van der Waals surface area contributed by atoms with Crippen molar-refractivity contribution in [1.29, 1.82) is 0 Å². The number of H-pyrrole nitrogens is 1. The molecule has 0 aliphatic rings. The molecule has 2 aromatic rings. The van der Waals surface area contributed by atoms with Gasteiger partial charge in [0, 0.05) is 23.9 Å². The van der Waals surface area contributed by atoms with E-state index >= 15 is 0 Å². The van der Waals surface area contributed by atoms with E-state index in [4.69, 9.17) is 0 Å². The lowest BCUT2D eigenvalue weighted by molar-refractivity contribution is -0.0498. The SMILES string of the molecule is O=C(NCc1cn[nH]c1)c1ccc(OC(F)F)cc1. The summed E-state index contributed by atoms with van der Waals surface area (Å²) in [6.07, 6.45) is 3.26. The molecule has 0 unspecified atom stereocenters. The number of benzene rings is 1. The van der Waals surface area contributed by atoms with E-state index in [-0.39, 0.29) is 11.7 Å². The molecule has 1 aromatic heterocycles. The second-order valence-electron chi connectivity index (χ2n) is 3.69. The highest BCUT2D eigenvalue weighted by atomic mass is 19.3. The van der Waals surface area contributed by atoms with Crippen molar-refractivity contribution in [2.45, 2.75) is 13.2 Å². The molecule has 0 saturated carbocycles. The molecule has 0 radical (unpaired) electrons. The molecule has 19 heavy (non-hydrogen) atoms. The van der Waals surface area contributed by atoms with Gasteiger partial charge in [0.1, 0.15) is 5.75 Å². The molecular formula is C12H11F2N3O2. The lowest BCUT2D eigenvalue weighted by Crippen LogP contribution is -2.22. The molecule has 0 bridgehead atoms. The van der Waals surface area contributed by atoms with Crippen molar-refractivity contribution in [1.82, 2.24) is 15.5 Å². The zero-order valence-electron chi connectivity index (χ0n) is 9.77. The van der Waals surface area contributed by atoms with Gasteiger partial charge in [-0.25, -0.2) is 0 Å². The van der Waals surface area contributed by atoms with Crippen LogP contribution in [0.25, 0.3) is 0 Å². The Morgan fingerprint density at radius 1 is 1.37 bits per heavy atom. The summed E-state index contributed by atoms with van der Waals surface area (Å²) in [6.45, 7) is -2.54. The van der Waals surface area contributed by atoms with Crippen molar-refractivity contribution in [3.8, 4) is 5.75 Å². The summed E-state index contributed by atoms with van der Waals surface area (Å²) in [5, 5.41) is 9.05. The first-order valence-electron chi connectivity index (χ1n) is 5.46. The van der Waals surface area contributed by atoms with E-state index in [2.05, 4.69) is 20.3 Å². The van der Waals surface area contributed by atoms with Gasteiger partial charge in [0.2, 0.25) is 0 Å². The standard InChI is InChI=1S/C12H11F2N3O2/c13-12(14)19-10-3-1-9(2-4-10)11(18)15-5-8-6-16-17-7-8/h1-4,6-7,12H,5H2,(H,15,18)(H,16,17). The van der Waals surface area contributed by atoms with Gasteiger partial charge in [-0.1, -0.05) is 0 Å². The molecular weight excluding hydrogens is 256 g/mol. The van der Waals surface area contributed by atoms with E-state index in [1.54, 1.807) is 12.4 Å². The van der Waals surface area contributed by atoms with Gasteiger partial charge in [0.05, 0.1) is 6.20 Å². The van der Waals surface area contributed by atoms with Crippen molar-refractivity contribution in [2.24, 2.45) is 0 Å². The van der Waals surface area contributed by atoms with E-state index in [1.807, 2.05) is 0 Å². The average Bonchev–Trinajstić information content (AvgIpc) is 2.89. The van der Waals surface area contributed by atoms with Crippen LogP contribution in [0.2, 0.25) is 0 Å². The summed E-state index contributed by atoms with van der Waals surface area (Å²) in [5.41, 5.74) is 1.20. The topological polar surface area (TPSA) is 67.0 Å². The Labute approximate surface area is 107 Å². The quantitative estimate of drug-likeness (QED) is 0.870. The molecule has 0 fully saturated rings. The monoisotopic (exact) mass is 267 g/mol. The Morgan fingerprint density at radius 3 is 2.68 bits per heavy atom. The number of alkyl halides is 2. The summed E-state index contributed by atoms with van der Waals surface area (Å²) in [6, 6.07) is 5.47. The summed E-state index contributed by atoms with van der Waals surface area (Å²) >= 11 is 0. The van der Waals surface area contributed by atoms with Crippen molar-refractivity contribution < 1.29 is 18.3 Å². The van der Waals surface area contributed by atoms with Gasteiger partial charge in [-0.2, -0.15) is 13.9 Å². The van der Waals surface area contributed by atoms with Crippen LogP contribution < -0.4 is 10.1 Å². The van der Waals surface area contributed by atoms with Crippen LogP contribution in [0, 0.1) is 0 Å². The first-order valence-corrected chi connectivity index (χ1v) is 5.46. The molecule has 2 rings (SSSR count). The molecule has 7 heteroatoms. The number of amides is 1. The lowest BCUT2D eigenvalue weighted by atomic mass is 10.2. The second-order valence-corrected chi connectivity index (χ2v) is 3.69. The zero-order valence-corrected chi connectivity index (χ0v) is 9.77. The van der Waals surface area contributed by atoms with Crippen LogP contribution in [-0.4, -0.2) is 22.7 Å². The predicted molar refractivity (Wildman–Crippen MR) is 62.8 cm³/mol. The highest BCUT2D eigenvalue weighted by molar-refractivity contribution is 5.94. The van der Waals surface area contributed by atoms with Crippen LogP contribution in [0.1, 0.15) is 15.9 Å². The van der Waals surface area contributed by atoms with Crippen LogP contribution >= 0.6 is 0 Å². The molecule has 0 aliphatic carbocycles. The third-order valence-corrected chi connectivity index (χ3v) is 2.35. The van der Waals surface area contributed by atoms with Crippen LogP contribution in [0.5, 0.6) is 5.75 Å². The molecule has 1 aromatic carbocycles. The van der Waals surface area contributed by atoms with Gasteiger partial charge in [0.15, 0.2) is 0 Å². The molecule has 0 spiro atoms. The molecule has 1 amide bonds. The van der Waals surface area contributed by atoms with Gasteiger partial charge in [-0.15, -0.1) is 0 Å². The first kappa shape index (κ1) is 13.0. The smallest absolute Gasteiger partial charge is 0.387 e. The van der Waals surface area contributed by atoms with Crippen molar-refractivity contribution in [3.05, 3.63) is 47.8 Å². The van der Waals surface area contributed by atoms with Crippen LogP contribution in [0.4, 0.5) is 8.78 Å². The van der Waals surface area contributed by atoms with Gasteiger partial charge in [-0.3, -0.25) is 9.89 Å². The summed E-state index contributed by atoms with van der Waals surface area (Å²) in [5.74, 6) is -0.286. The number of ether oxygens (including phenoxy) is 1. The third kappa shape index (κ3) is 3.77. The van der Waals surface area contributed by atoms with Crippen LogP contribution in [0.15, 0.2) is 36.7 Å². The minimum atomic E-state index is -2.87. The summed E-state index contributed by atoms with van der Waals surface area (Å²) in [4.78, 5) is 11.7. The molecule has 2 N–H and O–H groups in total. The molecule has 0 aliphatic heterocycles. The Kier molecular flexibility index (Phi) is 4.07. The third-order valence-electron chi connectivity index (χ3n) is 2.35. The normalized spacial score (nSPS) is 10.5. The zero-order chi connectivity index (χ0) is 13.7. The van der Waals surface area contributed by atoms with Crippen molar-refractivity contribution in [2.75, 3.05) is 0 Å². The number of carbonyl (C=O) groups excluding carboxylic acids is 1. The number of nitrogens with zero attached hydrogens (tertiary/aromatic N) is 1. The van der Waals surface area contributed by atoms with Crippen molar-refractivity contribution >= 4 is 5.91 Å². The highest BCUT2D eigenvalue weighted by Crippen LogP contribution is 2.14. The molecule has 100 valence electrons. The Hall–Kier alpha value is -2.44. The number of rotatable bonds is 5. The van der Waals surface area contributed by atoms with E-state index in [0.29, 0.717) is 12.1 Å². The number of aromatic nitrogens is 2. The van der Waals surface area contributed by atoms with Gasteiger partial charge >= 0.3 is 6.61 Å². The molecule has 1 heterocycles. The number of nitrogens with one attached hydrogen (secondary N) is 2. The fraction of sp³-hybridized carbons (Fsp3) is 0.167. The van der Waals surface area contributed by atoms with Gasteiger partial charge in [-0.05, 0) is 24.3 Å². The highest BCUT2D eigenvalue weighted by Gasteiger charge is 2.08. The summed E-state index contributed by atoms with van der Waals surface area (Å²) in [7, 11) is 0. The largest absolute Gasteiger partial charge is 0.435 e. The van der Waals surface area contributed by atoms with E-state index in [1.165, 1.54) is 24.3 Å². The second kappa shape index (κ2) is 5.94. The van der Waals surface area contributed by atoms with Gasteiger partial charge in [0.25, 0.3) is 5.91 Å². The average molecular weight is 267 g/mol. The molecule has 0 atom stereocenters. The minimum absolute atomic E-state index is 0.0152. The fourth-order valence-corrected chi connectivity index (χ4v) is 1.45. The van der Waals surface area contributed by atoms with E-state index < -0.39 is 6.61 Å². The maximum absolute atomic E-state index is 11.9. The molecule has 0 saturated heterocycles. The minimum Gasteiger partial charge on any atom is -0.435 e. The Bertz CT molecular complexity index is 526. The number of hydrogen-bond acceptors (Lipinski definition) is 3. The fourth-order valence-electron chi connectivity index (χ4n) is 1.45. The lowest BCUT2D eigenvalue weighted by Gasteiger charge is -2.06. The Morgan fingerprint density at radius 2 is 2.11 bits per heavy atom. The van der Waals surface area contributed by atoms with Crippen LogP contribution in [-0.2, 0) is 6.54 Å². The maximum Gasteiger partial charge on any atom is 0.387 e. The number of aromatic amines is 1. The first-order chi connectivity index (χ1) is 9.15. The van der Waals surface area contributed by atoms with Crippen LogP contribution in [0.3, 0.4) is 0 Å². The summed E-state index contributed by atoms with van der Waals surface area (Å²) < 4.78 is 28.1. The number of hydrogen-bond donors (Lipinski definition) is 2. The molecule has 5 nitrogen and oxygen atoms in total.